The molecule has 2 heterocycles. The van der Waals surface area contributed by atoms with Gasteiger partial charge in [-0.25, -0.2) is 0 Å². The van der Waals surface area contributed by atoms with Crippen LogP contribution in [0.4, 0.5) is 0 Å². The SMILES string of the molecule is CCc1nn(CCCN(C)C)c2c1CNCC2. The first kappa shape index (κ1) is 12.6. The van der Waals surface area contributed by atoms with Crippen LogP contribution in [0, 0.1) is 0 Å². The van der Waals surface area contributed by atoms with Crippen molar-refractivity contribution < 1.29 is 0 Å². The summed E-state index contributed by atoms with van der Waals surface area (Å²) in [5.74, 6) is 0. The van der Waals surface area contributed by atoms with Crippen LogP contribution in [0.3, 0.4) is 0 Å². The third kappa shape index (κ3) is 2.87. The third-order valence-electron chi connectivity index (χ3n) is 3.40. The summed E-state index contributed by atoms with van der Waals surface area (Å²) < 4.78 is 2.25. The van der Waals surface area contributed by atoms with E-state index in [-0.39, 0.29) is 0 Å². The molecule has 1 aliphatic heterocycles. The first-order valence-electron chi connectivity index (χ1n) is 6.65. The maximum absolute atomic E-state index is 4.77. The number of hydrogen-bond acceptors (Lipinski definition) is 3. The minimum Gasteiger partial charge on any atom is -0.312 e. The lowest BCUT2D eigenvalue weighted by Crippen LogP contribution is -2.25. The molecule has 0 aromatic carbocycles. The van der Waals surface area contributed by atoms with E-state index in [1.165, 1.54) is 23.4 Å². The number of aromatic nitrogens is 2. The molecule has 0 bridgehead atoms. The van der Waals surface area contributed by atoms with Crippen LogP contribution >= 0.6 is 0 Å². The monoisotopic (exact) mass is 236 g/mol. The van der Waals surface area contributed by atoms with Gasteiger partial charge in [0.2, 0.25) is 0 Å². The van der Waals surface area contributed by atoms with Gasteiger partial charge in [-0.05, 0) is 33.5 Å². The second-order valence-corrected chi connectivity index (χ2v) is 5.03. The van der Waals surface area contributed by atoms with Gasteiger partial charge in [0.25, 0.3) is 0 Å². The van der Waals surface area contributed by atoms with Gasteiger partial charge in [0.15, 0.2) is 0 Å². The van der Waals surface area contributed by atoms with E-state index in [0.29, 0.717) is 0 Å². The molecule has 4 nitrogen and oxygen atoms in total. The van der Waals surface area contributed by atoms with E-state index in [1.807, 2.05) is 0 Å². The Labute approximate surface area is 104 Å². The van der Waals surface area contributed by atoms with E-state index < -0.39 is 0 Å². The Bertz CT molecular complexity index is 368. The van der Waals surface area contributed by atoms with Crippen LogP contribution in [0.1, 0.15) is 30.3 Å². The molecule has 1 aromatic heterocycles. The molecule has 1 N–H and O–H groups in total. The zero-order valence-electron chi connectivity index (χ0n) is 11.3. The molecule has 0 fully saturated rings. The highest BCUT2D eigenvalue weighted by Crippen LogP contribution is 2.19. The predicted molar refractivity (Wildman–Crippen MR) is 70.2 cm³/mol. The van der Waals surface area contributed by atoms with Crippen LogP contribution in [0.15, 0.2) is 0 Å². The van der Waals surface area contributed by atoms with Crippen molar-refractivity contribution in [2.45, 2.75) is 39.3 Å². The molecule has 0 amide bonds. The predicted octanol–water partition coefficient (Wildman–Crippen LogP) is 1.04. The van der Waals surface area contributed by atoms with Crippen LogP contribution in [0.25, 0.3) is 0 Å². The van der Waals surface area contributed by atoms with E-state index in [4.69, 9.17) is 5.10 Å². The zero-order chi connectivity index (χ0) is 12.3. The van der Waals surface area contributed by atoms with Gasteiger partial charge in [-0.3, -0.25) is 4.68 Å². The molecule has 0 atom stereocenters. The lowest BCUT2D eigenvalue weighted by Gasteiger charge is -2.16. The Morgan fingerprint density at radius 2 is 2.24 bits per heavy atom. The molecule has 0 unspecified atom stereocenters. The van der Waals surface area contributed by atoms with Crippen molar-refractivity contribution in [1.82, 2.24) is 20.0 Å². The first-order chi connectivity index (χ1) is 8.22. The molecule has 0 spiro atoms. The van der Waals surface area contributed by atoms with Crippen molar-refractivity contribution in [1.29, 1.82) is 0 Å². The molecule has 0 aliphatic carbocycles. The molecule has 96 valence electrons. The third-order valence-corrected chi connectivity index (χ3v) is 3.40. The van der Waals surface area contributed by atoms with Crippen LogP contribution in [-0.2, 0) is 25.9 Å². The van der Waals surface area contributed by atoms with Crippen molar-refractivity contribution in [3.8, 4) is 0 Å². The fourth-order valence-electron chi connectivity index (χ4n) is 2.50. The lowest BCUT2D eigenvalue weighted by atomic mass is 10.1. The number of rotatable bonds is 5. The highest BCUT2D eigenvalue weighted by molar-refractivity contribution is 5.28. The molecule has 4 heteroatoms. The second kappa shape index (κ2) is 5.65. The minimum absolute atomic E-state index is 1.01. The Kier molecular flexibility index (Phi) is 4.18. The number of fused-ring (bicyclic) bond motifs is 1. The standard InChI is InChI=1S/C13H24N4/c1-4-12-11-10-14-7-6-13(11)17(15-12)9-5-8-16(2)3/h14H,4-10H2,1-3H3. The minimum atomic E-state index is 1.01. The van der Waals surface area contributed by atoms with Crippen molar-refractivity contribution in [2.24, 2.45) is 0 Å². The van der Waals surface area contributed by atoms with Gasteiger partial charge < -0.3 is 10.2 Å². The normalized spacial score (nSPS) is 15.3. The van der Waals surface area contributed by atoms with Gasteiger partial charge in [0.1, 0.15) is 0 Å². The van der Waals surface area contributed by atoms with Crippen LogP contribution in [-0.4, -0.2) is 41.9 Å². The summed E-state index contributed by atoms with van der Waals surface area (Å²) in [6, 6.07) is 0. The number of nitrogens with one attached hydrogen (secondary N) is 1. The summed E-state index contributed by atoms with van der Waals surface area (Å²) in [6.07, 6.45) is 3.35. The molecular formula is C13H24N4. The highest BCUT2D eigenvalue weighted by atomic mass is 15.3. The van der Waals surface area contributed by atoms with Crippen molar-refractivity contribution in [3.63, 3.8) is 0 Å². The molecular weight excluding hydrogens is 212 g/mol. The molecule has 2 rings (SSSR count). The molecule has 17 heavy (non-hydrogen) atoms. The first-order valence-corrected chi connectivity index (χ1v) is 6.65. The maximum atomic E-state index is 4.77. The van der Waals surface area contributed by atoms with Gasteiger partial charge >= 0.3 is 0 Å². The molecule has 1 aromatic rings. The van der Waals surface area contributed by atoms with E-state index in [1.54, 1.807) is 0 Å². The molecule has 1 aliphatic rings. The average Bonchev–Trinajstić information content (AvgIpc) is 2.68. The Morgan fingerprint density at radius 1 is 1.41 bits per heavy atom. The molecule has 0 radical (unpaired) electrons. The summed E-state index contributed by atoms with van der Waals surface area (Å²) in [5, 5.41) is 8.21. The summed E-state index contributed by atoms with van der Waals surface area (Å²) in [4.78, 5) is 2.23. The topological polar surface area (TPSA) is 33.1 Å². The van der Waals surface area contributed by atoms with Gasteiger partial charge in [-0.1, -0.05) is 6.92 Å². The van der Waals surface area contributed by atoms with Gasteiger partial charge in [-0.2, -0.15) is 5.10 Å². The Hall–Kier alpha value is -0.870. The van der Waals surface area contributed by atoms with Crippen molar-refractivity contribution in [2.75, 3.05) is 27.2 Å². The average molecular weight is 236 g/mol. The van der Waals surface area contributed by atoms with E-state index in [9.17, 15) is 0 Å². The van der Waals surface area contributed by atoms with Gasteiger partial charge in [0, 0.05) is 37.3 Å². The highest BCUT2D eigenvalue weighted by Gasteiger charge is 2.18. The fraction of sp³-hybridized carbons (Fsp3) is 0.769. The van der Waals surface area contributed by atoms with Crippen LogP contribution < -0.4 is 5.32 Å². The Morgan fingerprint density at radius 3 is 2.94 bits per heavy atom. The van der Waals surface area contributed by atoms with Crippen molar-refractivity contribution >= 4 is 0 Å². The smallest absolute Gasteiger partial charge is 0.0669 e. The fourth-order valence-corrected chi connectivity index (χ4v) is 2.50. The number of hydrogen-bond donors (Lipinski definition) is 1. The lowest BCUT2D eigenvalue weighted by molar-refractivity contribution is 0.377. The van der Waals surface area contributed by atoms with E-state index >= 15 is 0 Å². The molecule has 0 saturated carbocycles. The van der Waals surface area contributed by atoms with Gasteiger partial charge in [0.05, 0.1) is 5.69 Å². The van der Waals surface area contributed by atoms with E-state index in [2.05, 4.69) is 35.9 Å². The van der Waals surface area contributed by atoms with Crippen LogP contribution in [0.5, 0.6) is 0 Å². The van der Waals surface area contributed by atoms with E-state index in [0.717, 1.165) is 39.0 Å². The Balaban J connectivity index is 2.08. The number of nitrogens with zero attached hydrogens (tertiary/aromatic N) is 3. The number of aryl methyl sites for hydroxylation is 2. The van der Waals surface area contributed by atoms with Crippen LogP contribution in [0.2, 0.25) is 0 Å². The largest absolute Gasteiger partial charge is 0.312 e. The maximum Gasteiger partial charge on any atom is 0.0669 e. The quantitative estimate of drug-likeness (QED) is 0.829. The summed E-state index contributed by atoms with van der Waals surface area (Å²) >= 11 is 0. The summed E-state index contributed by atoms with van der Waals surface area (Å²) in [5.41, 5.74) is 4.22. The molecule has 0 saturated heterocycles. The van der Waals surface area contributed by atoms with Gasteiger partial charge in [-0.15, -0.1) is 0 Å². The summed E-state index contributed by atoms with van der Waals surface area (Å²) in [7, 11) is 4.25. The second-order valence-electron chi connectivity index (χ2n) is 5.03. The van der Waals surface area contributed by atoms with Crippen molar-refractivity contribution in [3.05, 3.63) is 17.0 Å². The summed E-state index contributed by atoms with van der Waals surface area (Å²) in [6.45, 7) is 6.48. The zero-order valence-corrected chi connectivity index (χ0v) is 11.3.